The monoisotopic (exact) mass is 290 g/mol. The number of oxazole rings is 1. The van der Waals surface area contributed by atoms with Crippen LogP contribution in [0.1, 0.15) is 17.4 Å². The van der Waals surface area contributed by atoms with Crippen molar-refractivity contribution in [2.75, 3.05) is 6.54 Å². The molecule has 0 radical (unpaired) electrons. The van der Waals surface area contributed by atoms with Gasteiger partial charge in [-0.1, -0.05) is 41.9 Å². The molecule has 0 saturated carbocycles. The van der Waals surface area contributed by atoms with Crippen LogP contribution in [0.3, 0.4) is 0 Å². The second kappa shape index (κ2) is 5.23. The van der Waals surface area contributed by atoms with Gasteiger partial charge in [0.15, 0.2) is 5.58 Å². The van der Waals surface area contributed by atoms with Gasteiger partial charge < -0.3 is 10.2 Å². The predicted molar refractivity (Wildman–Crippen MR) is 76.3 cm³/mol. The Morgan fingerprint density at radius 1 is 1.25 bits per heavy atom. The molecule has 1 aromatic heterocycles. The normalized spacial score (nSPS) is 12.8. The molecule has 3 nitrogen and oxygen atoms in total. The van der Waals surface area contributed by atoms with Crippen molar-refractivity contribution in [1.29, 1.82) is 0 Å². The number of rotatable bonds is 3. The SMILES string of the molecule is NCC(c1ccccc1)c1nc2cc(F)cc(Cl)c2o1. The van der Waals surface area contributed by atoms with Crippen LogP contribution in [0, 0.1) is 5.82 Å². The van der Waals surface area contributed by atoms with Gasteiger partial charge in [0.2, 0.25) is 5.89 Å². The van der Waals surface area contributed by atoms with Crippen molar-refractivity contribution in [3.63, 3.8) is 0 Å². The minimum absolute atomic E-state index is 0.178. The van der Waals surface area contributed by atoms with E-state index in [0.29, 0.717) is 23.5 Å². The third-order valence-electron chi connectivity index (χ3n) is 3.16. The van der Waals surface area contributed by atoms with Gasteiger partial charge in [0.25, 0.3) is 0 Å². The molecule has 2 aromatic carbocycles. The van der Waals surface area contributed by atoms with Crippen LogP contribution >= 0.6 is 11.6 Å². The Morgan fingerprint density at radius 3 is 2.70 bits per heavy atom. The summed E-state index contributed by atoms with van der Waals surface area (Å²) in [6.07, 6.45) is 0. The zero-order chi connectivity index (χ0) is 14.1. The molecule has 1 atom stereocenters. The molecular weight excluding hydrogens is 279 g/mol. The number of benzene rings is 2. The zero-order valence-corrected chi connectivity index (χ0v) is 11.3. The molecule has 2 N–H and O–H groups in total. The molecule has 3 aromatic rings. The van der Waals surface area contributed by atoms with Crippen molar-refractivity contribution < 1.29 is 8.81 Å². The van der Waals surface area contributed by atoms with Crippen molar-refractivity contribution >= 4 is 22.7 Å². The van der Waals surface area contributed by atoms with E-state index in [1.165, 1.54) is 12.1 Å². The summed E-state index contributed by atoms with van der Waals surface area (Å²) in [7, 11) is 0. The number of nitrogens with zero attached hydrogens (tertiary/aromatic N) is 1. The summed E-state index contributed by atoms with van der Waals surface area (Å²) in [6.45, 7) is 0.344. The maximum atomic E-state index is 13.3. The average molecular weight is 291 g/mol. The van der Waals surface area contributed by atoms with Crippen molar-refractivity contribution in [3.05, 3.63) is 64.8 Å². The molecule has 0 aliphatic rings. The van der Waals surface area contributed by atoms with E-state index in [-0.39, 0.29) is 10.9 Å². The third kappa shape index (κ3) is 2.28. The van der Waals surface area contributed by atoms with E-state index >= 15 is 0 Å². The fraction of sp³-hybridized carbons (Fsp3) is 0.133. The summed E-state index contributed by atoms with van der Waals surface area (Å²) in [6, 6.07) is 12.2. The first-order valence-corrected chi connectivity index (χ1v) is 6.57. The lowest BCUT2D eigenvalue weighted by atomic mass is 9.99. The molecule has 3 rings (SSSR count). The average Bonchev–Trinajstić information content (AvgIpc) is 2.84. The molecule has 20 heavy (non-hydrogen) atoms. The fourth-order valence-electron chi connectivity index (χ4n) is 2.19. The first-order valence-electron chi connectivity index (χ1n) is 6.19. The molecule has 0 aliphatic heterocycles. The molecule has 5 heteroatoms. The van der Waals surface area contributed by atoms with Gasteiger partial charge in [-0.2, -0.15) is 0 Å². The lowest BCUT2D eigenvalue weighted by Gasteiger charge is -2.10. The van der Waals surface area contributed by atoms with Gasteiger partial charge in [-0.05, 0) is 11.6 Å². The lowest BCUT2D eigenvalue weighted by molar-refractivity contribution is 0.502. The summed E-state index contributed by atoms with van der Waals surface area (Å²) in [5.74, 6) is -0.171. The van der Waals surface area contributed by atoms with Crippen LogP contribution in [0.5, 0.6) is 0 Å². The number of halogens is 2. The third-order valence-corrected chi connectivity index (χ3v) is 3.44. The number of hydrogen-bond donors (Lipinski definition) is 1. The van der Waals surface area contributed by atoms with Gasteiger partial charge in [-0.15, -0.1) is 0 Å². The van der Waals surface area contributed by atoms with Crippen molar-refractivity contribution in [1.82, 2.24) is 4.98 Å². The van der Waals surface area contributed by atoms with E-state index in [0.717, 1.165) is 5.56 Å². The maximum absolute atomic E-state index is 13.3. The molecule has 1 heterocycles. The fourth-order valence-corrected chi connectivity index (χ4v) is 2.43. The van der Waals surface area contributed by atoms with Gasteiger partial charge in [-0.25, -0.2) is 9.37 Å². The van der Waals surface area contributed by atoms with E-state index < -0.39 is 5.82 Å². The highest BCUT2D eigenvalue weighted by Crippen LogP contribution is 2.30. The Labute approximate surface area is 120 Å². The summed E-state index contributed by atoms with van der Waals surface area (Å²) in [5.41, 5.74) is 7.61. The topological polar surface area (TPSA) is 52.0 Å². The zero-order valence-electron chi connectivity index (χ0n) is 10.5. The quantitative estimate of drug-likeness (QED) is 0.800. The standard InChI is InChI=1S/C15H12ClFN2O/c16-12-6-10(17)7-13-14(12)20-15(19-13)11(8-18)9-4-2-1-3-5-9/h1-7,11H,8,18H2. The highest BCUT2D eigenvalue weighted by Gasteiger charge is 2.20. The second-order valence-electron chi connectivity index (χ2n) is 4.49. The molecule has 0 saturated heterocycles. The molecular formula is C15H12ClFN2O. The van der Waals surface area contributed by atoms with Crippen LogP contribution in [0.25, 0.3) is 11.1 Å². The van der Waals surface area contributed by atoms with E-state index in [2.05, 4.69) is 4.98 Å². The van der Waals surface area contributed by atoms with E-state index in [1.54, 1.807) is 0 Å². The molecule has 102 valence electrons. The molecule has 0 aliphatic carbocycles. The lowest BCUT2D eigenvalue weighted by Crippen LogP contribution is -2.14. The van der Waals surface area contributed by atoms with Gasteiger partial charge in [0, 0.05) is 12.6 Å². The van der Waals surface area contributed by atoms with Gasteiger partial charge >= 0.3 is 0 Å². The minimum atomic E-state index is -0.439. The minimum Gasteiger partial charge on any atom is -0.438 e. The van der Waals surface area contributed by atoms with Crippen LogP contribution in [0.15, 0.2) is 46.9 Å². The first kappa shape index (κ1) is 13.1. The Kier molecular flexibility index (Phi) is 3.42. The summed E-state index contributed by atoms with van der Waals surface area (Å²) in [5, 5.41) is 0.211. The summed E-state index contributed by atoms with van der Waals surface area (Å²) < 4.78 is 19.0. The predicted octanol–water partition coefficient (Wildman–Crippen LogP) is 3.71. The summed E-state index contributed by atoms with van der Waals surface area (Å²) in [4.78, 5) is 4.31. The molecule has 1 unspecified atom stereocenters. The van der Waals surface area contributed by atoms with Crippen LogP contribution in [0.2, 0.25) is 5.02 Å². The van der Waals surface area contributed by atoms with Crippen LogP contribution in [0.4, 0.5) is 4.39 Å². The number of aromatic nitrogens is 1. The Hall–Kier alpha value is -1.91. The number of nitrogens with two attached hydrogens (primary N) is 1. The van der Waals surface area contributed by atoms with Crippen LogP contribution in [-0.4, -0.2) is 11.5 Å². The number of hydrogen-bond acceptors (Lipinski definition) is 3. The van der Waals surface area contributed by atoms with Gasteiger partial charge in [-0.3, -0.25) is 0 Å². The highest BCUT2D eigenvalue weighted by atomic mass is 35.5. The van der Waals surface area contributed by atoms with E-state index in [9.17, 15) is 4.39 Å². The van der Waals surface area contributed by atoms with Gasteiger partial charge in [0.05, 0.1) is 10.9 Å². The highest BCUT2D eigenvalue weighted by molar-refractivity contribution is 6.34. The molecule has 0 amide bonds. The Balaban J connectivity index is 2.11. The van der Waals surface area contributed by atoms with E-state index in [4.69, 9.17) is 21.8 Å². The van der Waals surface area contributed by atoms with Gasteiger partial charge in [0.1, 0.15) is 11.3 Å². The Morgan fingerprint density at radius 2 is 2.00 bits per heavy atom. The Bertz CT molecular complexity index is 742. The maximum Gasteiger partial charge on any atom is 0.204 e. The second-order valence-corrected chi connectivity index (χ2v) is 4.89. The molecule has 0 bridgehead atoms. The number of fused-ring (bicyclic) bond motifs is 1. The smallest absolute Gasteiger partial charge is 0.204 e. The molecule has 0 fully saturated rings. The summed E-state index contributed by atoms with van der Waals surface area (Å²) >= 11 is 5.96. The van der Waals surface area contributed by atoms with Crippen LogP contribution < -0.4 is 5.73 Å². The van der Waals surface area contributed by atoms with Crippen molar-refractivity contribution in [2.45, 2.75) is 5.92 Å². The van der Waals surface area contributed by atoms with Crippen LogP contribution in [-0.2, 0) is 0 Å². The largest absolute Gasteiger partial charge is 0.438 e. The van der Waals surface area contributed by atoms with E-state index in [1.807, 2.05) is 30.3 Å². The van der Waals surface area contributed by atoms with Crippen molar-refractivity contribution in [2.24, 2.45) is 5.73 Å². The van der Waals surface area contributed by atoms with Crippen molar-refractivity contribution in [3.8, 4) is 0 Å². The first-order chi connectivity index (χ1) is 9.69. The molecule has 0 spiro atoms.